The monoisotopic (exact) mass is 217 g/mol. The van der Waals surface area contributed by atoms with Crippen LogP contribution in [0.4, 0.5) is 0 Å². The first kappa shape index (κ1) is 9.75. The maximum absolute atomic E-state index is 8.85. The van der Waals surface area contributed by atoms with Crippen molar-refractivity contribution in [2.24, 2.45) is 0 Å². The molecule has 0 aliphatic carbocycles. The van der Waals surface area contributed by atoms with Crippen molar-refractivity contribution < 1.29 is 0 Å². The van der Waals surface area contributed by atoms with Gasteiger partial charge in [-0.15, -0.1) is 6.58 Å². The van der Waals surface area contributed by atoms with Gasteiger partial charge in [-0.1, -0.05) is 17.7 Å². The molecule has 2 rings (SSSR count). The number of nitriles is 1. The topological polar surface area (TPSA) is 41.6 Å². The maximum atomic E-state index is 8.85. The smallest absolute Gasteiger partial charge is 0.101 e. The molecule has 0 aliphatic rings. The van der Waals surface area contributed by atoms with E-state index < -0.39 is 0 Å². The van der Waals surface area contributed by atoms with Crippen molar-refractivity contribution in [2.75, 3.05) is 0 Å². The number of rotatable bonds is 2. The minimum absolute atomic E-state index is 0.439. The quantitative estimate of drug-likeness (QED) is 0.726. The van der Waals surface area contributed by atoms with E-state index in [2.05, 4.69) is 11.6 Å². The Balaban J connectivity index is 2.70. The normalized spacial score (nSPS) is 10.1. The summed E-state index contributed by atoms with van der Waals surface area (Å²) in [5.74, 6) is 0. The zero-order valence-electron chi connectivity index (χ0n) is 7.94. The number of benzene rings is 1. The van der Waals surface area contributed by atoms with Crippen molar-refractivity contribution >= 4 is 22.6 Å². The van der Waals surface area contributed by atoms with E-state index in [1.54, 1.807) is 24.5 Å². The number of aromatic nitrogens is 2. The van der Waals surface area contributed by atoms with Gasteiger partial charge in [-0.25, -0.2) is 4.98 Å². The van der Waals surface area contributed by atoms with Crippen LogP contribution in [-0.2, 0) is 6.54 Å². The molecule has 1 aromatic heterocycles. The summed E-state index contributed by atoms with van der Waals surface area (Å²) in [6, 6.07) is 5.50. The summed E-state index contributed by atoms with van der Waals surface area (Å²) in [7, 11) is 0. The fourth-order valence-corrected chi connectivity index (χ4v) is 1.65. The van der Waals surface area contributed by atoms with Crippen LogP contribution >= 0.6 is 11.6 Å². The van der Waals surface area contributed by atoms with Crippen LogP contribution in [0.3, 0.4) is 0 Å². The molecule has 0 saturated heterocycles. The summed E-state index contributed by atoms with van der Waals surface area (Å²) in [6.45, 7) is 4.33. The number of hydrogen-bond acceptors (Lipinski definition) is 2. The Labute approximate surface area is 92.2 Å². The SMILES string of the molecule is C=CCn1cnc2cc(Cl)c(C#N)cc21. The maximum Gasteiger partial charge on any atom is 0.101 e. The summed E-state index contributed by atoms with van der Waals surface area (Å²) in [6.07, 6.45) is 3.49. The van der Waals surface area contributed by atoms with Crippen LogP contribution in [-0.4, -0.2) is 9.55 Å². The highest BCUT2D eigenvalue weighted by atomic mass is 35.5. The van der Waals surface area contributed by atoms with E-state index in [1.807, 2.05) is 10.6 Å². The first-order valence-corrected chi connectivity index (χ1v) is 4.79. The molecule has 0 spiro atoms. The predicted molar refractivity (Wildman–Crippen MR) is 59.7 cm³/mol. The van der Waals surface area contributed by atoms with Gasteiger partial charge in [0.15, 0.2) is 0 Å². The molecule has 0 atom stereocenters. The van der Waals surface area contributed by atoms with Gasteiger partial charge in [-0.05, 0) is 12.1 Å². The van der Waals surface area contributed by atoms with Crippen molar-refractivity contribution in [3.05, 3.63) is 41.7 Å². The Morgan fingerprint density at radius 1 is 1.60 bits per heavy atom. The summed E-state index contributed by atoms with van der Waals surface area (Å²) in [5, 5.41) is 9.29. The lowest BCUT2D eigenvalue weighted by atomic mass is 10.2. The third-order valence-corrected chi connectivity index (χ3v) is 2.47. The molecule has 0 N–H and O–H groups in total. The Bertz CT molecular complexity index is 563. The number of fused-ring (bicyclic) bond motifs is 1. The van der Waals surface area contributed by atoms with E-state index in [0.29, 0.717) is 17.1 Å². The molecule has 0 radical (unpaired) electrons. The minimum Gasteiger partial charge on any atom is -0.327 e. The Kier molecular flexibility index (Phi) is 2.44. The van der Waals surface area contributed by atoms with Crippen molar-refractivity contribution in [2.45, 2.75) is 6.54 Å². The van der Waals surface area contributed by atoms with Gasteiger partial charge in [-0.3, -0.25) is 0 Å². The number of nitrogens with zero attached hydrogens (tertiary/aromatic N) is 3. The van der Waals surface area contributed by atoms with Gasteiger partial charge in [0.1, 0.15) is 6.07 Å². The molecule has 15 heavy (non-hydrogen) atoms. The van der Waals surface area contributed by atoms with Gasteiger partial charge >= 0.3 is 0 Å². The second-order valence-corrected chi connectivity index (χ2v) is 3.53. The van der Waals surface area contributed by atoms with E-state index in [4.69, 9.17) is 16.9 Å². The number of imidazole rings is 1. The Morgan fingerprint density at radius 3 is 3.07 bits per heavy atom. The molecule has 0 aliphatic heterocycles. The fourth-order valence-electron chi connectivity index (χ4n) is 1.45. The summed E-state index contributed by atoms with van der Waals surface area (Å²) in [4.78, 5) is 4.19. The van der Waals surface area contributed by atoms with Crippen molar-refractivity contribution in [3.8, 4) is 6.07 Å². The highest BCUT2D eigenvalue weighted by Gasteiger charge is 2.06. The molecule has 4 heteroatoms. The zero-order valence-corrected chi connectivity index (χ0v) is 8.70. The summed E-state index contributed by atoms with van der Waals surface area (Å²) >= 11 is 5.90. The van der Waals surface area contributed by atoms with Gasteiger partial charge in [-0.2, -0.15) is 5.26 Å². The van der Waals surface area contributed by atoms with Crippen molar-refractivity contribution in [1.82, 2.24) is 9.55 Å². The Morgan fingerprint density at radius 2 is 2.40 bits per heavy atom. The molecular formula is C11H8ClN3. The molecule has 1 aromatic carbocycles. The van der Waals surface area contributed by atoms with Gasteiger partial charge < -0.3 is 4.57 Å². The molecule has 0 amide bonds. The van der Waals surface area contributed by atoms with E-state index in [-0.39, 0.29) is 0 Å². The fraction of sp³-hybridized carbons (Fsp3) is 0.0909. The van der Waals surface area contributed by atoms with Crippen LogP contribution in [0.25, 0.3) is 11.0 Å². The highest BCUT2D eigenvalue weighted by Crippen LogP contribution is 2.22. The number of halogens is 1. The second-order valence-electron chi connectivity index (χ2n) is 3.12. The highest BCUT2D eigenvalue weighted by molar-refractivity contribution is 6.32. The lowest BCUT2D eigenvalue weighted by Crippen LogP contribution is -1.92. The van der Waals surface area contributed by atoms with Gasteiger partial charge in [0, 0.05) is 6.54 Å². The standard InChI is InChI=1S/C11H8ClN3/c1-2-3-15-7-14-10-5-9(12)8(6-13)4-11(10)15/h2,4-5,7H,1,3H2. The largest absolute Gasteiger partial charge is 0.327 e. The van der Waals surface area contributed by atoms with Crippen LogP contribution in [0, 0.1) is 11.3 Å². The van der Waals surface area contributed by atoms with Gasteiger partial charge in [0.05, 0.1) is 27.9 Å². The van der Waals surface area contributed by atoms with E-state index in [1.165, 1.54) is 0 Å². The van der Waals surface area contributed by atoms with Crippen LogP contribution < -0.4 is 0 Å². The molecule has 1 heterocycles. The second kappa shape index (κ2) is 3.76. The van der Waals surface area contributed by atoms with Crippen LogP contribution in [0.2, 0.25) is 5.02 Å². The average Bonchev–Trinajstić information content (AvgIpc) is 2.60. The van der Waals surface area contributed by atoms with Crippen molar-refractivity contribution in [1.29, 1.82) is 5.26 Å². The molecule has 0 fully saturated rings. The average molecular weight is 218 g/mol. The van der Waals surface area contributed by atoms with Gasteiger partial charge in [0.2, 0.25) is 0 Å². The van der Waals surface area contributed by atoms with Crippen LogP contribution in [0.5, 0.6) is 0 Å². The molecular weight excluding hydrogens is 210 g/mol. The lowest BCUT2D eigenvalue weighted by Gasteiger charge is -2.00. The first-order chi connectivity index (χ1) is 7.26. The lowest BCUT2D eigenvalue weighted by molar-refractivity contribution is 0.851. The molecule has 0 saturated carbocycles. The third-order valence-electron chi connectivity index (χ3n) is 2.16. The van der Waals surface area contributed by atoms with Crippen LogP contribution in [0.1, 0.15) is 5.56 Å². The van der Waals surface area contributed by atoms with Crippen molar-refractivity contribution in [3.63, 3.8) is 0 Å². The minimum atomic E-state index is 0.439. The molecule has 74 valence electrons. The number of hydrogen-bond donors (Lipinski definition) is 0. The van der Waals surface area contributed by atoms with Gasteiger partial charge in [0.25, 0.3) is 0 Å². The van der Waals surface area contributed by atoms with E-state index in [9.17, 15) is 0 Å². The predicted octanol–water partition coefficient (Wildman–Crippen LogP) is 2.75. The summed E-state index contributed by atoms with van der Waals surface area (Å²) in [5.41, 5.74) is 2.16. The number of allylic oxidation sites excluding steroid dienone is 1. The zero-order chi connectivity index (χ0) is 10.8. The van der Waals surface area contributed by atoms with E-state index >= 15 is 0 Å². The third kappa shape index (κ3) is 1.60. The van der Waals surface area contributed by atoms with E-state index in [0.717, 1.165) is 11.0 Å². The molecule has 2 aromatic rings. The molecule has 3 nitrogen and oxygen atoms in total. The Hall–Kier alpha value is -1.79. The first-order valence-electron chi connectivity index (χ1n) is 4.41. The summed E-state index contributed by atoms with van der Waals surface area (Å²) < 4.78 is 1.92. The molecule has 0 bridgehead atoms. The van der Waals surface area contributed by atoms with Crippen LogP contribution in [0.15, 0.2) is 31.1 Å². The molecule has 0 unspecified atom stereocenters.